The maximum absolute atomic E-state index is 11.8. The van der Waals surface area contributed by atoms with Crippen LogP contribution in [0.1, 0.15) is 204 Å². The third-order valence-electron chi connectivity index (χ3n) is 16.6. The summed E-state index contributed by atoms with van der Waals surface area (Å²) in [4.78, 5) is 85.1. The number of carbonyl (C=O) groups excluding carboxylic acids is 5. The molecule has 1 aliphatic heterocycles. The van der Waals surface area contributed by atoms with Gasteiger partial charge in [-0.05, 0) is 189 Å². The molecule has 1 saturated heterocycles. The number of hydrogen-bond donors (Lipinski definition) is 1. The number of pyridine rings is 8. The molecule has 2 amide bonds. The summed E-state index contributed by atoms with van der Waals surface area (Å²) in [6, 6.07) is 32.9. The van der Waals surface area contributed by atoms with E-state index in [0.29, 0.717) is 35.2 Å². The van der Waals surface area contributed by atoms with Crippen molar-refractivity contribution >= 4 is 33.6 Å². The van der Waals surface area contributed by atoms with Gasteiger partial charge in [-0.3, -0.25) is 44.2 Å². The van der Waals surface area contributed by atoms with Crippen molar-refractivity contribution in [1.82, 2.24) is 44.5 Å². The van der Waals surface area contributed by atoms with Crippen LogP contribution < -0.4 is 53.7 Å². The van der Waals surface area contributed by atoms with Gasteiger partial charge in [-0.1, -0.05) is 63.3 Å². The Labute approximate surface area is 661 Å². The molecule has 10 rings (SSSR count). The molecule has 2 N–H and O–H groups in total. The third-order valence-corrected chi connectivity index (χ3v) is 16.6. The first kappa shape index (κ1) is 102. The summed E-state index contributed by atoms with van der Waals surface area (Å²) in [7, 11) is 7.91. The van der Waals surface area contributed by atoms with Crippen LogP contribution in [0, 0.1) is 13.8 Å². The van der Waals surface area contributed by atoms with Crippen molar-refractivity contribution in [1.29, 1.82) is 0 Å². The van der Waals surface area contributed by atoms with E-state index in [4.69, 9.17) is 29.6 Å². The predicted molar refractivity (Wildman–Crippen MR) is 406 cm³/mol. The minimum absolute atomic E-state index is 0. The Balaban J connectivity index is -0.00000128. The average molecular weight is 1740 g/mol. The fourth-order valence-corrected chi connectivity index (χ4v) is 10.9. The van der Waals surface area contributed by atoms with E-state index < -0.39 is 17.8 Å². The van der Waals surface area contributed by atoms with Crippen molar-refractivity contribution in [3.05, 3.63) is 224 Å². The second-order valence-electron chi connectivity index (χ2n) is 24.0. The van der Waals surface area contributed by atoms with Gasteiger partial charge >= 0.3 is 39.4 Å². The molecule has 0 saturated carbocycles. The van der Waals surface area contributed by atoms with Crippen molar-refractivity contribution in [3.63, 3.8) is 0 Å². The fraction of sp³-hybridized carbons (Fsp3) is 0.420. The van der Waals surface area contributed by atoms with Gasteiger partial charge in [-0.25, -0.2) is 18.9 Å². The number of aryl methyl sites for hydroxylation is 5. The standard InChI is InChI=1S/C26H34N3O4.C21H31N2.C12H12N2O2.C12H12N2.C6H11N3.CO2.3CH4.BrH.2ClH.FH.Os/c1-3-21(23-10-14-27-15-11-23)19-20(2)22-12-17-28(18-13-22)16-6-4-5-7-26(32)33-29-24(30)8-9-25(29)31;1-4-6-7-14-23-15-10-20(11-16-23)18(3)17-19(5-2)21-8-12-22-13-9-21;1-15-9-3-5-13-11(7-9)12-8-10(16-2)4-6-14-12;1-9-3-5-13-11(7-9)12-8-10(2)4-6-14-12;7-2-1-4-9-5-3-8-6-9;2-1-3;;;;;;;;/h10-15,17-18,20-21H,3-9,16,19H2,1-2H3;8-13,15-16,18-19H,4-7,14,17H2,1-3H3;3-8H,1-2H3;3-8H,1-2H3;3,5-6H,1-2,4,7H2;;3*1H4;4*1H;/q2*+1;;;;;;;;;;;;+1/p-3. The molecule has 0 radical (unpaired) electrons. The van der Waals surface area contributed by atoms with E-state index in [2.05, 4.69) is 175 Å². The van der Waals surface area contributed by atoms with Gasteiger partial charge in [-0.2, -0.15) is 9.59 Å². The summed E-state index contributed by atoms with van der Waals surface area (Å²) in [6.07, 6.45) is 41.4. The Morgan fingerprint density at radius 2 is 0.962 bits per heavy atom. The molecule has 4 atom stereocenters. The van der Waals surface area contributed by atoms with Crippen LogP contribution in [0.2, 0.25) is 0 Å². The molecule has 581 valence electrons. The van der Waals surface area contributed by atoms with E-state index in [1.54, 1.807) is 51.3 Å². The first-order chi connectivity index (χ1) is 48.6. The number of imide groups is 1. The van der Waals surface area contributed by atoms with E-state index in [1.165, 1.54) is 83.1 Å². The topological polar surface area (TPSA) is 245 Å². The molecule has 25 heteroatoms. The number of ether oxygens (including phenoxy) is 2. The van der Waals surface area contributed by atoms with Gasteiger partial charge in [0.25, 0.3) is 11.8 Å². The number of methoxy groups -OCH3 is 2. The zero-order chi connectivity index (χ0) is 72.7. The second-order valence-corrected chi connectivity index (χ2v) is 24.0. The van der Waals surface area contributed by atoms with Crippen LogP contribution in [-0.2, 0) is 66.0 Å². The molecule has 0 spiro atoms. The van der Waals surface area contributed by atoms with Crippen LogP contribution in [0.25, 0.3) is 22.8 Å². The number of amides is 2. The summed E-state index contributed by atoms with van der Waals surface area (Å²) in [6.45, 7) is 19.3. The molecule has 4 unspecified atom stereocenters. The third kappa shape index (κ3) is 38.7. The van der Waals surface area contributed by atoms with Crippen molar-refractivity contribution in [2.45, 2.75) is 204 Å². The van der Waals surface area contributed by atoms with Crippen molar-refractivity contribution in [2.24, 2.45) is 5.73 Å². The van der Waals surface area contributed by atoms with Gasteiger partial charge in [0.15, 0.2) is 24.8 Å². The predicted octanol–water partition coefficient (Wildman–Crippen LogP) is 10.8. The van der Waals surface area contributed by atoms with Gasteiger partial charge in [0.2, 0.25) is 0 Å². The number of hydroxylamine groups is 2. The van der Waals surface area contributed by atoms with Crippen LogP contribution >= 0.6 is 9.64 Å². The van der Waals surface area contributed by atoms with Crippen LogP contribution in [0.15, 0.2) is 190 Å². The van der Waals surface area contributed by atoms with Crippen molar-refractivity contribution < 1.29 is 99.1 Å². The number of nitrogens with two attached hydrogens (primary N) is 1. The first-order valence-electron chi connectivity index (χ1n) is 34.1. The maximum atomic E-state index is 11.8. The second kappa shape index (κ2) is 60.7. The van der Waals surface area contributed by atoms with E-state index in [0.717, 1.165) is 92.6 Å². The van der Waals surface area contributed by atoms with E-state index in [1.807, 2.05) is 84.3 Å². The number of rotatable bonds is 28. The molecule has 9 aromatic rings. The summed E-state index contributed by atoms with van der Waals surface area (Å²) in [5.41, 5.74) is 16.7. The zero-order valence-corrected chi connectivity index (χ0v) is 66.2. The Hall–Kier alpha value is -8.41. The van der Waals surface area contributed by atoms with Gasteiger partial charge in [0.1, 0.15) is 24.6 Å². The number of aromatic nitrogens is 10. The van der Waals surface area contributed by atoms with Crippen LogP contribution in [-0.4, -0.2) is 89.2 Å². The number of imidazole rings is 1. The molecule has 10 heterocycles. The van der Waals surface area contributed by atoms with Gasteiger partial charge in [0, 0.05) is 137 Å². The number of unbranched alkanes of at least 4 members (excludes halogenated alkanes) is 4. The monoisotopic (exact) mass is 1740 g/mol. The number of hydrogen-bond acceptors (Lipinski definition) is 16. The van der Waals surface area contributed by atoms with E-state index in [-0.39, 0.29) is 81.8 Å². The number of halogens is 4. The van der Waals surface area contributed by atoms with Gasteiger partial charge < -0.3 is 54.0 Å². The quantitative estimate of drug-likeness (QED) is 0.0272. The summed E-state index contributed by atoms with van der Waals surface area (Å²) in [5.74, 6) is 2.31. The molecule has 9 aromatic heterocycles. The zero-order valence-electron chi connectivity index (χ0n) is 60.6. The normalized spacial score (nSPS) is 11.6. The Bertz CT molecular complexity index is 3660. The van der Waals surface area contributed by atoms with E-state index >= 15 is 0 Å². The molecule has 1 fully saturated rings. The van der Waals surface area contributed by atoms with Crippen LogP contribution in [0.3, 0.4) is 0 Å². The number of nitrogens with zero attached hydrogens (tertiary/aromatic N) is 11. The Morgan fingerprint density at radius 1 is 0.566 bits per heavy atom. The molecule has 0 aromatic carbocycles. The van der Waals surface area contributed by atoms with Crippen LogP contribution in [0.4, 0.5) is 4.70 Å². The summed E-state index contributed by atoms with van der Waals surface area (Å²) < 4.78 is 16.8. The van der Waals surface area contributed by atoms with Crippen molar-refractivity contribution in [3.8, 4) is 34.3 Å². The fourth-order valence-electron chi connectivity index (χ4n) is 10.9. The average Bonchev–Trinajstić information content (AvgIpc) is 1.54. The number of carbonyl (C=O) groups is 3. The summed E-state index contributed by atoms with van der Waals surface area (Å²) in [5, 5.41) is 0.612. The molecule has 1 aliphatic rings. The Morgan fingerprint density at radius 3 is 1.32 bits per heavy atom. The molecule has 106 heavy (non-hydrogen) atoms. The summed E-state index contributed by atoms with van der Waals surface area (Å²) >= 11 is 1.33. The molecular formula is C81H113BrCl2FN12O8Os. The van der Waals surface area contributed by atoms with E-state index in [9.17, 15) is 14.4 Å². The van der Waals surface area contributed by atoms with Crippen molar-refractivity contribution in [2.75, 3.05) is 20.8 Å². The SMILES string of the molecule is C.C.C.CCC(CC(C)c1cc[n+](CCCCCC(=O)ON2C(=O)CCC2=O)cc1)c1ccncc1.CCCCC[n+]1ccc(C(C)CC(CC)c2ccncc2)cc1.COc1ccnc(-c2cc(OC)ccn2)c1.Cc1ccnc(-c2cc(C)ccn2)c1.F.NCCCn1ccnc1.O=C=O.[Br-].[Cl-].[Cl][Os]. The van der Waals surface area contributed by atoms with Gasteiger partial charge in [0.05, 0.1) is 43.3 Å². The molecule has 20 nitrogen and oxygen atoms in total. The molecular weight excluding hydrogens is 1630 g/mol. The Kier molecular flexibility index (Phi) is 58.3. The van der Waals surface area contributed by atoms with Crippen LogP contribution in [0.5, 0.6) is 11.5 Å². The molecule has 0 aliphatic carbocycles. The minimum atomic E-state index is -0.526. The molecule has 0 bridgehead atoms. The van der Waals surface area contributed by atoms with Gasteiger partial charge in [-0.15, -0.1) is 5.06 Å². The first-order valence-corrected chi connectivity index (χ1v) is 37.3.